The van der Waals surface area contributed by atoms with E-state index >= 15 is 0 Å². The number of anilines is 1. The monoisotopic (exact) mass is 325 g/mol. The minimum absolute atomic E-state index is 0.00130. The molecule has 0 bridgehead atoms. The minimum Gasteiger partial charge on any atom is -0.322 e. The van der Waals surface area contributed by atoms with Crippen LogP contribution >= 0.6 is 0 Å². The summed E-state index contributed by atoms with van der Waals surface area (Å²) in [5, 5.41) is 6.76. The van der Waals surface area contributed by atoms with Gasteiger partial charge in [-0.05, 0) is 36.8 Å². The highest BCUT2D eigenvalue weighted by atomic mass is 19.1. The van der Waals surface area contributed by atoms with Gasteiger partial charge in [0.2, 0.25) is 5.91 Å². The lowest BCUT2D eigenvalue weighted by Crippen LogP contribution is -2.26. The molecule has 1 aliphatic heterocycles. The molecule has 6 heteroatoms. The number of hydrogen-bond donors (Lipinski definition) is 2. The van der Waals surface area contributed by atoms with Crippen LogP contribution < -0.4 is 10.7 Å². The Labute approximate surface area is 138 Å². The zero-order chi connectivity index (χ0) is 17.1. The van der Waals surface area contributed by atoms with Crippen LogP contribution in [0.1, 0.15) is 34.3 Å². The highest BCUT2D eigenvalue weighted by molar-refractivity contribution is 6.07. The van der Waals surface area contributed by atoms with E-state index in [-0.39, 0.29) is 11.5 Å². The molecule has 0 aliphatic carbocycles. The molecule has 5 nitrogen and oxygen atoms in total. The third kappa shape index (κ3) is 3.32. The van der Waals surface area contributed by atoms with Crippen LogP contribution in [0.4, 0.5) is 10.1 Å². The Morgan fingerprint density at radius 2 is 2.00 bits per heavy atom. The molecule has 2 N–H and O–H groups in total. The van der Waals surface area contributed by atoms with Gasteiger partial charge in [-0.1, -0.05) is 18.2 Å². The van der Waals surface area contributed by atoms with Gasteiger partial charge < -0.3 is 5.32 Å². The van der Waals surface area contributed by atoms with Crippen molar-refractivity contribution in [1.29, 1.82) is 0 Å². The normalized spacial score (nSPS) is 13.9. The van der Waals surface area contributed by atoms with Gasteiger partial charge in [0.25, 0.3) is 5.91 Å². The van der Waals surface area contributed by atoms with Gasteiger partial charge in [0.05, 0.1) is 11.3 Å². The Hall–Kier alpha value is -3.02. The summed E-state index contributed by atoms with van der Waals surface area (Å²) in [5.74, 6) is -1.15. The molecule has 0 saturated carbocycles. The molecule has 0 fully saturated rings. The topological polar surface area (TPSA) is 70.6 Å². The lowest BCUT2D eigenvalue weighted by atomic mass is 9.99. The van der Waals surface area contributed by atoms with Gasteiger partial charge in [0.1, 0.15) is 5.82 Å². The summed E-state index contributed by atoms with van der Waals surface area (Å²) >= 11 is 0. The lowest BCUT2D eigenvalue weighted by molar-refractivity contribution is -0.121. The van der Waals surface area contributed by atoms with Crippen molar-refractivity contribution < 1.29 is 14.0 Å². The highest BCUT2D eigenvalue weighted by Gasteiger charge is 2.16. The molecule has 0 unspecified atom stereocenters. The Morgan fingerprint density at radius 3 is 2.67 bits per heavy atom. The largest absolute Gasteiger partial charge is 0.322 e. The number of halogens is 1. The predicted octanol–water partition coefficient (Wildman–Crippen LogP) is 3.00. The smallest absolute Gasteiger partial charge is 0.258 e. The van der Waals surface area contributed by atoms with Crippen LogP contribution in [-0.4, -0.2) is 17.5 Å². The molecule has 24 heavy (non-hydrogen) atoms. The van der Waals surface area contributed by atoms with Crippen molar-refractivity contribution in [3.63, 3.8) is 0 Å². The van der Waals surface area contributed by atoms with Crippen molar-refractivity contribution in [3.05, 3.63) is 65.0 Å². The maximum absolute atomic E-state index is 13.6. The van der Waals surface area contributed by atoms with Crippen molar-refractivity contribution in [1.82, 2.24) is 5.43 Å². The fraction of sp³-hybridized carbons (Fsp3) is 0.167. The van der Waals surface area contributed by atoms with E-state index in [0.29, 0.717) is 18.5 Å². The number of benzene rings is 2. The molecular weight excluding hydrogens is 309 g/mol. The van der Waals surface area contributed by atoms with Gasteiger partial charge in [-0.25, -0.2) is 9.82 Å². The zero-order valence-electron chi connectivity index (χ0n) is 13.1. The Balaban J connectivity index is 1.79. The number of nitrogens with zero attached hydrogens (tertiary/aromatic N) is 1. The second-order valence-electron chi connectivity index (χ2n) is 5.56. The number of hydrazone groups is 1. The van der Waals surface area contributed by atoms with Gasteiger partial charge in [-0.15, -0.1) is 0 Å². The van der Waals surface area contributed by atoms with Crippen LogP contribution in [0.25, 0.3) is 0 Å². The van der Waals surface area contributed by atoms with Crippen LogP contribution in [-0.2, 0) is 4.79 Å². The molecule has 122 valence electrons. The van der Waals surface area contributed by atoms with E-state index in [2.05, 4.69) is 15.8 Å². The van der Waals surface area contributed by atoms with Crippen LogP contribution in [0.3, 0.4) is 0 Å². The number of carbonyl (C=O) groups is 2. The first-order valence-corrected chi connectivity index (χ1v) is 7.57. The van der Waals surface area contributed by atoms with Crippen LogP contribution in [0.2, 0.25) is 0 Å². The van der Waals surface area contributed by atoms with Crippen molar-refractivity contribution in [2.24, 2.45) is 5.10 Å². The second kappa shape index (κ2) is 6.62. The van der Waals surface area contributed by atoms with E-state index in [9.17, 15) is 14.0 Å². The quantitative estimate of drug-likeness (QED) is 0.911. The first-order valence-electron chi connectivity index (χ1n) is 7.57. The summed E-state index contributed by atoms with van der Waals surface area (Å²) in [6.07, 6.45) is 0.984. The van der Waals surface area contributed by atoms with E-state index in [1.54, 1.807) is 18.2 Å². The summed E-state index contributed by atoms with van der Waals surface area (Å²) in [6.45, 7) is 1.90. The lowest BCUT2D eigenvalue weighted by Gasteiger charge is -2.15. The maximum atomic E-state index is 13.6. The molecular formula is C18H16FN3O2. The number of aryl methyl sites for hydroxylation is 1. The van der Waals surface area contributed by atoms with Crippen molar-refractivity contribution >= 4 is 23.2 Å². The van der Waals surface area contributed by atoms with E-state index in [1.807, 2.05) is 13.0 Å². The summed E-state index contributed by atoms with van der Waals surface area (Å²) < 4.78 is 13.6. The van der Waals surface area contributed by atoms with Gasteiger partial charge in [0, 0.05) is 24.1 Å². The first kappa shape index (κ1) is 15.9. The Morgan fingerprint density at radius 1 is 1.21 bits per heavy atom. The molecule has 0 atom stereocenters. The van der Waals surface area contributed by atoms with Crippen LogP contribution in [0.5, 0.6) is 0 Å². The number of amides is 2. The summed E-state index contributed by atoms with van der Waals surface area (Å²) in [6, 6.07) is 11.2. The molecule has 0 aromatic heterocycles. The second-order valence-corrected chi connectivity index (χ2v) is 5.56. The van der Waals surface area contributed by atoms with Crippen molar-refractivity contribution in [3.8, 4) is 0 Å². The molecule has 0 saturated heterocycles. The van der Waals surface area contributed by atoms with Gasteiger partial charge in [-0.2, -0.15) is 5.10 Å². The fourth-order valence-electron chi connectivity index (χ4n) is 2.58. The summed E-state index contributed by atoms with van der Waals surface area (Å²) in [7, 11) is 0. The molecule has 2 aromatic carbocycles. The predicted molar refractivity (Wildman–Crippen MR) is 89.4 cm³/mol. The first-order chi connectivity index (χ1) is 11.5. The standard InChI is InChI=1S/C18H16FN3O2/c1-11-10-12(20-18(24)14-4-2-3-5-15(14)19)6-7-13(11)16-8-9-17(23)22-21-16/h2-7,10H,8-9H2,1H3,(H,20,24)(H,22,23). The Bertz CT molecular complexity index is 846. The van der Waals surface area contributed by atoms with E-state index in [4.69, 9.17) is 0 Å². The number of rotatable bonds is 3. The third-order valence-corrected chi connectivity index (χ3v) is 3.82. The molecule has 3 rings (SSSR count). The van der Waals surface area contributed by atoms with Gasteiger partial charge in [-0.3, -0.25) is 9.59 Å². The molecule has 1 aliphatic rings. The average Bonchev–Trinajstić information content (AvgIpc) is 2.56. The highest BCUT2D eigenvalue weighted by Crippen LogP contribution is 2.20. The zero-order valence-corrected chi connectivity index (χ0v) is 13.1. The van der Waals surface area contributed by atoms with E-state index in [1.165, 1.54) is 18.2 Å². The molecule has 2 aromatic rings. The molecule has 0 spiro atoms. The SMILES string of the molecule is Cc1cc(NC(=O)c2ccccc2F)ccc1C1=NNC(=O)CC1. The molecule has 0 radical (unpaired) electrons. The summed E-state index contributed by atoms with van der Waals surface area (Å²) in [4.78, 5) is 23.3. The van der Waals surface area contributed by atoms with Crippen LogP contribution in [0.15, 0.2) is 47.6 Å². The van der Waals surface area contributed by atoms with E-state index in [0.717, 1.165) is 16.8 Å². The van der Waals surface area contributed by atoms with Crippen molar-refractivity contribution in [2.45, 2.75) is 19.8 Å². The molecule has 1 heterocycles. The summed E-state index contributed by atoms with van der Waals surface area (Å²) in [5.41, 5.74) is 5.68. The number of carbonyl (C=O) groups excluding carboxylic acids is 2. The van der Waals surface area contributed by atoms with Crippen molar-refractivity contribution in [2.75, 3.05) is 5.32 Å². The average molecular weight is 325 g/mol. The third-order valence-electron chi connectivity index (χ3n) is 3.82. The fourth-order valence-corrected chi connectivity index (χ4v) is 2.58. The van der Waals surface area contributed by atoms with Gasteiger partial charge in [0.15, 0.2) is 0 Å². The van der Waals surface area contributed by atoms with Gasteiger partial charge >= 0.3 is 0 Å². The maximum Gasteiger partial charge on any atom is 0.258 e. The minimum atomic E-state index is -0.560. The number of nitrogens with one attached hydrogen (secondary N) is 2. The van der Waals surface area contributed by atoms with Crippen LogP contribution in [0, 0.1) is 12.7 Å². The van der Waals surface area contributed by atoms with E-state index < -0.39 is 11.7 Å². The Kier molecular flexibility index (Phi) is 4.37. The number of hydrogen-bond acceptors (Lipinski definition) is 3. The molecule has 2 amide bonds.